The Balaban J connectivity index is 2.57. The number of rotatable bonds is 7. The Morgan fingerprint density at radius 1 is 1.37 bits per heavy atom. The van der Waals surface area contributed by atoms with Crippen LogP contribution in [0, 0.1) is 0 Å². The highest BCUT2D eigenvalue weighted by atomic mass is 16.5. The predicted molar refractivity (Wildman–Crippen MR) is 71.2 cm³/mol. The first-order valence-corrected chi connectivity index (χ1v) is 5.83. The quantitative estimate of drug-likeness (QED) is 0.429. The van der Waals surface area contributed by atoms with Crippen LogP contribution in [0.2, 0.25) is 0 Å². The minimum absolute atomic E-state index is 0.159. The van der Waals surface area contributed by atoms with E-state index in [-0.39, 0.29) is 18.3 Å². The second kappa shape index (κ2) is 7.38. The SMILES string of the molecule is COCCNC(=O)COc1ccc(N)cc1C(C)=O. The number of amides is 1. The Labute approximate surface area is 111 Å². The Morgan fingerprint density at radius 2 is 2.11 bits per heavy atom. The van der Waals surface area contributed by atoms with Gasteiger partial charge in [-0.3, -0.25) is 9.59 Å². The van der Waals surface area contributed by atoms with Crippen molar-refractivity contribution in [3.8, 4) is 5.75 Å². The van der Waals surface area contributed by atoms with E-state index in [4.69, 9.17) is 15.2 Å². The van der Waals surface area contributed by atoms with Gasteiger partial charge in [-0.25, -0.2) is 0 Å². The van der Waals surface area contributed by atoms with Crippen LogP contribution in [-0.4, -0.2) is 38.6 Å². The molecule has 0 heterocycles. The van der Waals surface area contributed by atoms with Gasteiger partial charge in [0, 0.05) is 19.3 Å². The smallest absolute Gasteiger partial charge is 0.258 e. The van der Waals surface area contributed by atoms with Crippen LogP contribution in [0.25, 0.3) is 0 Å². The zero-order valence-electron chi connectivity index (χ0n) is 11.1. The van der Waals surface area contributed by atoms with Crippen LogP contribution in [0.5, 0.6) is 5.75 Å². The second-order valence-corrected chi connectivity index (χ2v) is 3.94. The van der Waals surface area contributed by atoms with Crippen LogP contribution in [0.1, 0.15) is 17.3 Å². The molecule has 1 aromatic rings. The summed E-state index contributed by atoms with van der Waals surface area (Å²) < 4.78 is 10.1. The third-order valence-corrected chi connectivity index (χ3v) is 2.37. The van der Waals surface area contributed by atoms with Crippen LogP contribution in [0.4, 0.5) is 5.69 Å². The Hall–Kier alpha value is -2.08. The van der Waals surface area contributed by atoms with Crippen LogP contribution in [0.15, 0.2) is 18.2 Å². The fraction of sp³-hybridized carbons (Fsp3) is 0.385. The van der Waals surface area contributed by atoms with Gasteiger partial charge in [-0.15, -0.1) is 0 Å². The molecule has 0 aliphatic heterocycles. The van der Waals surface area contributed by atoms with E-state index in [1.165, 1.54) is 13.0 Å². The molecule has 0 saturated carbocycles. The first-order chi connectivity index (χ1) is 9.04. The number of hydrogen-bond acceptors (Lipinski definition) is 5. The van der Waals surface area contributed by atoms with Crippen molar-refractivity contribution in [1.29, 1.82) is 0 Å². The summed E-state index contributed by atoms with van der Waals surface area (Å²) >= 11 is 0. The van der Waals surface area contributed by atoms with Crippen molar-refractivity contribution in [2.75, 3.05) is 32.6 Å². The van der Waals surface area contributed by atoms with E-state index in [0.717, 1.165) is 0 Å². The van der Waals surface area contributed by atoms with E-state index in [0.29, 0.717) is 30.2 Å². The summed E-state index contributed by atoms with van der Waals surface area (Å²) in [5, 5.41) is 2.62. The van der Waals surface area contributed by atoms with Crippen molar-refractivity contribution in [1.82, 2.24) is 5.32 Å². The number of benzene rings is 1. The third-order valence-electron chi connectivity index (χ3n) is 2.37. The molecule has 104 valence electrons. The number of nitrogen functional groups attached to an aromatic ring is 1. The number of hydrogen-bond donors (Lipinski definition) is 2. The van der Waals surface area contributed by atoms with Crippen molar-refractivity contribution in [3.05, 3.63) is 23.8 Å². The van der Waals surface area contributed by atoms with Crippen molar-refractivity contribution in [3.63, 3.8) is 0 Å². The molecule has 6 heteroatoms. The lowest BCUT2D eigenvalue weighted by Crippen LogP contribution is -2.31. The molecule has 19 heavy (non-hydrogen) atoms. The molecule has 6 nitrogen and oxygen atoms in total. The van der Waals surface area contributed by atoms with Crippen molar-refractivity contribution in [2.24, 2.45) is 0 Å². The molecule has 0 spiro atoms. The minimum atomic E-state index is -0.275. The van der Waals surface area contributed by atoms with Gasteiger partial charge in [-0.1, -0.05) is 0 Å². The van der Waals surface area contributed by atoms with Crippen LogP contribution >= 0.6 is 0 Å². The highest BCUT2D eigenvalue weighted by Gasteiger charge is 2.10. The topological polar surface area (TPSA) is 90.7 Å². The van der Waals surface area contributed by atoms with Gasteiger partial charge in [0.15, 0.2) is 12.4 Å². The number of carbonyl (C=O) groups is 2. The van der Waals surface area contributed by atoms with Crippen molar-refractivity contribution in [2.45, 2.75) is 6.92 Å². The van der Waals surface area contributed by atoms with Gasteiger partial charge in [-0.2, -0.15) is 0 Å². The average molecular weight is 266 g/mol. The van der Waals surface area contributed by atoms with Gasteiger partial charge < -0.3 is 20.5 Å². The third kappa shape index (κ3) is 4.97. The summed E-state index contributed by atoms with van der Waals surface area (Å²) in [6.45, 7) is 2.11. The van der Waals surface area contributed by atoms with E-state index in [9.17, 15) is 9.59 Å². The lowest BCUT2D eigenvalue weighted by Gasteiger charge is -2.10. The number of Topliss-reactive ketones (excluding diaryl/α,β-unsaturated/α-hetero) is 1. The summed E-state index contributed by atoms with van der Waals surface area (Å²) in [4.78, 5) is 22.9. The van der Waals surface area contributed by atoms with Gasteiger partial charge in [0.25, 0.3) is 5.91 Å². The monoisotopic (exact) mass is 266 g/mol. The lowest BCUT2D eigenvalue weighted by atomic mass is 10.1. The first-order valence-electron chi connectivity index (χ1n) is 5.83. The standard InChI is InChI=1S/C13H18N2O4/c1-9(16)11-7-10(14)3-4-12(11)19-8-13(17)15-5-6-18-2/h3-4,7H,5-6,8,14H2,1-2H3,(H,15,17). The molecule has 1 amide bonds. The number of ketones is 1. The van der Waals surface area contributed by atoms with E-state index in [1.807, 2.05) is 0 Å². The lowest BCUT2D eigenvalue weighted by molar-refractivity contribution is -0.123. The van der Waals surface area contributed by atoms with Gasteiger partial charge in [0.2, 0.25) is 0 Å². The molecule has 1 rings (SSSR count). The van der Waals surface area contributed by atoms with Crippen LogP contribution in [-0.2, 0) is 9.53 Å². The fourth-order valence-corrected chi connectivity index (χ4v) is 1.44. The van der Waals surface area contributed by atoms with Gasteiger partial charge in [0.05, 0.1) is 12.2 Å². The molecular weight excluding hydrogens is 248 g/mol. The largest absolute Gasteiger partial charge is 0.483 e. The second-order valence-electron chi connectivity index (χ2n) is 3.94. The zero-order valence-corrected chi connectivity index (χ0v) is 11.1. The van der Waals surface area contributed by atoms with E-state index < -0.39 is 0 Å². The maximum atomic E-state index is 11.4. The zero-order chi connectivity index (χ0) is 14.3. The average Bonchev–Trinajstić information content (AvgIpc) is 2.37. The van der Waals surface area contributed by atoms with Crippen molar-refractivity contribution < 1.29 is 19.1 Å². The molecule has 0 radical (unpaired) electrons. The van der Waals surface area contributed by atoms with Gasteiger partial charge in [0.1, 0.15) is 5.75 Å². The molecule has 0 atom stereocenters. The van der Waals surface area contributed by atoms with Crippen LogP contribution < -0.4 is 15.8 Å². The molecule has 0 saturated heterocycles. The van der Waals surface area contributed by atoms with Crippen molar-refractivity contribution >= 4 is 17.4 Å². The number of anilines is 1. The number of nitrogens with one attached hydrogen (secondary N) is 1. The van der Waals surface area contributed by atoms with Gasteiger partial charge in [-0.05, 0) is 25.1 Å². The van der Waals surface area contributed by atoms with E-state index >= 15 is 0 Å². The summed E-state index contributed by atoms with van der Waals surface area (Å²) in [5.41, 5.74) is 6.44. The number of nitrogens with two attached hydrogens (primary N) is 1. The molecular formula is C13H18N2O4. The first kappa shape index (κ1) is 15.0. The summed E-state index contributed by atoms with van der Waals surface area (Å²) in [6.07, 6.45) is 0. The minimum Gasteiger partial charge on any atom is -0.483 e. The summed E-state index contributed by atoms with van der Waals surface area (Å²) in [7, 11) is 1.55. The normalized spacial score (nSPS) is 10.0. The Bertz CT molecular complexity index is 460. The summed E-state index contributed by atoms with van der Waals surface area (Å²) in [5.74, 6) is -0.0888. The Kier molecular flexibility index (Phi) is 5.81. The predicted octanol–water partition coefficient (Wildman–Crippen LogP) is 0.613. The number of methoxy groups -OCH3 is 1. The maximum Gasteiger partial charge on any atom is 0.258 e. The highest BCUT2D eigenvalue weighted by molar-refractivity contribution is 5.97. The summed E-state index contributed by atoms with van der Waals surface area (Å²) in [6, 6.07) is 4.72. The molecule has 0 aliphatic rings. The van der Waals surface area contributed by atoms with E-state index in [1.54, 1.807) is 19.2 Å². The Morgan fingerprint density at radius 3 is 2.74 bits per heavy atom. The number of carbonyl (C=O) groups excluding carboxylic acids is 2. The molecule has 1 aromatic carbocycles. The molecule has 0 bridgehead atoms. The molecule has 0 fully saturated rings. The van der Waals surface area contributed by atoms with Gasteiger partial charge >= 0.3 is 0 Å². The highest BCUT2D eigenvalue weighted by Crippen LogP contribution is 2.21. The molecule has 0 aliphatic carbocycles. The fourth-order valence-electron chi connectivity index (χ4n) is 1.44. The molecule has 3 N–H and O–H groups in total. The van der Waals surface area contributed by atoms with E-state index in [2.05, 4.69) is 5.32 Å². The molecule has 0 unspecified atom stereocenters. The van der Waals surface area contributed by atoms with Crippen LogP contribution in [0.3, 0.4) is 0 Å². The number of ether oxygens (including phenoxy) is 2. The maximum absolute atomic E-state index is 11.4. The molecule has 0 aromatic heterocycles.